The molecule has 0 aliphatic heterocycles. The van der Waals surface area contributed by atoms with E-state index in [2.05, 4.69) is 15.4 Å². The van der Waals surface area contributed by atoms with E-state index in [0.29, 0.717) is 15.7 Å². The molecule has 2 aromatic heterocycles. The number of benzene rings is 2. The SMILES string of the molecule is COC(=O)/C=c1\[nH]n(-c2nc3ccccc3s2)c(=O)\c1=C/Nc1ccc(C)cc1. The monoisotopic (exact) mass is 406 g/mol. The molecule has 4 aromatic rings. The maximum Gasteiger partial charge on any atom is 0.332 e. The number of thiazole rings is 1. The van der Waals surface area contributed by atoms with Crippen LogP contribution in [0.1, 0.15) is 5.56 Å². The normalized spacial score (nSPS) is 12.5. The molecular weight excluding hydrogens is 388 g/mol. The minimum Gasteiger partial charge on any atom is -0.466 e. The number of para-hydroxylation sites is 1. The quantitative estimate of drug-likeness (QED) is 0.505. The first-order valence-corrected chi connectivity index (χ1v) is 9.67. The van der Waals surface area contributed by atoms with Gasteiger partial charge in [-0.1, -0.05) is 41.2 Å². The third-order valence-corrected chi connectivity index (χ3v) is 5.35. The summed E-state index contributed by atoms with van der Waals surface area (Å²) in [6, 6.07) is 15.4. The van der Waals surface area contributed by atoms with E-state index in [1.54, 1.807) is 6.20 Å². The van der Waals surface area contributed by atoms with Gasteiger partial charge >= 0.3 is 5.97 Å². The van der Waals surface area contributed by atoms with Crippen LogP contribution in [0.15, 0.2) is 53.3 Å². The average molecular weight is 406 g/mol. The van der Waals surface area contributed by atoms with Crippen LogP contribution in [0.2, 0.25) is 0 Å². The van der Waals surface area contributed by atoms with Crippen molar-refractivity contribution in [3.8, 4) is 5.13 Å². The number of carbonyl (C=O) groups is 1. The number of fused-ring (bicyclic) bond motifs is 1. The lowest BCUT2D eigenvalue weighted by Crippen LogP contribution is -2.36. The Balaban J connectivity index is 1.85. The summed E-state index contributed by atoms with van der Waals surface area (Å²) < 4.78 is 7.01. The van der Waals surface area contributed by atoms with Gasteiger partial charge in [0.25, 0.3) is 5.56 Å². The van der Waals surface area contributed by atoms with Crippen LogP contribution < -0.4 is 21.4 Å². The van der Waals surface area contributed by atoms with E-state index in [1.165, 1.54) is 29.2 Å². The molecule has 0 bridgehead atoms. The molecule has 146 valence electrons. The molecule has 2 N–H and O–H groups in total. The number of carbonyl (C=O) groups excluding carboxylic acids is 1. The van der Waals surface area contributed by atoms with Crippen LogP contribution in [0.3, 0.4) is 0 Å². The number of aromatic nitrogens is 3. The Morgan fingerprint density at radius 2 is 1.97 bits per heavy atom. The van der Waals surface area contributed by atoms with Gasteiger partial charge in [-0.15, -0.1) is 0 Å². The highest BCUT2D eigenvalue weighted by Crippen LogP contribution is 2.22. The van der Waals surface area contributed by atoms with Crippen molar-refractivity contribution in [1.82, 2.24) is 14.8 Å². The number of esters is 1. The number of anilines is 1. The molecule has 7 nitrogen and oxygen atoms in total. The van der Waals surface area contributed by atoms with Gasteiger partial charge in [-0.05, 0) is 31.2 Å². The maximum atomic E-state index is 13.1. The number of hydrogen-bond donors (Lipinski definition) is 2. The van der Waals surface area contributed by atoms with Crippen molar-refractivity contribution in [2.75, 3.05) is 12.4 Å². The molecule has 0 aliphatic rings. The fourth-order valence-corrected chi connectivity index (χ4v) is 3.71. The van der Waals surface area contributed by atoms with Crippen molar-refractivity contribution in [2.45, 2.75) is 6.92 Å². The molecule has 0 radical (unpaired) electrons. The van der Waals surface area contributed by atoms with E-state index in [9.17, 15) is 9.59 Å². The summed E-state index contributed by atoms with van der Waals surface area (Å²) in [5.41, 5.74) is 2.44. The third kappa shape index (κ3) is 3.83. The van der Waals surface area contributed by atoms with Crippen molar-refractivity contribution in [1.29, 1.82) is 0 Å². The van der Waals surface area contributed by atoms with Crippen molar-refractivity contribution in [3.05, 3.63) is 75.0 Å². The molecule has 2 aromatic carbocycles. The smallest absolute Gasteiger partial charge is 0.332 e. The van der Waals surface area contributed by atoms with Crippen molar-refractivity contribution in [2.24, 2.45) is 0 Å². The summed E-state index contributed by atoms with van der Waals surface area (Å²) in [5, 5.41) is 7.19. The van der Waals surface area contributed by atoms with Crippen LogP contribution >= 0.6 is 11.3 Å². The lowest BCUT2D eigenvalue weighted by atomic mass is 10.2. The second-order valence-corrected chi connectivity index (χ2v) is 7.38. The molecule has 0 amide bonds. The number of nitrogens with zero attached hydrogens (tertiary/aromatic N) is 2. The number of ether oxygens (including phenoxy) is 1. The lowest BCUT2D eigenvalue weighted by Gasteiger charge is -1.99. The Kier molecular flexibility index (Phi) is 5.01. The fourth-order valence-electron chi connectivity index (χ4n) is 2.79. The van der Waals surface area contributed by atoms with Crippen molar-refractivity contribution < 1.29 is 9.53 Å². The predicted octanol–water partition coefficient (Wildman–Crippen LogP) is 1.89. The molecular formula is C21H18N4O3S. The van der Waals surface area contributed by atoms with Crippen LogP contribution in [-0.4, -0.2) is 27.8 Å². The summed E-state index contributed by atoms with van der Waals surface area (Å²) >= 11 is 1.38. The molecule has 0 aliphatic carbocycles. The van der Waals surface area contributed by atoms with E-state index in [-0.39, 0.29) is 5.56 Å². The average Bonchev–Trinajstić information content (AvgIpc) is 3.28. The van der Waals surface area contributed by atoms with Crippen LogP contribution in [0, 0.1) is 6.92 Å². The highest BCUT2D eigenvalue weighted by atomic mass is 32.1. The van der Waals surface area contributed by atoms with Gasteiger partial charge in [0.2, 0.25) is 5.13 Å². The Bertz CT molecular complexity index is 1330. The zero-order valence-electron chi connectivity index (χ0n) is 15.8. The number of nitrogens with one attached hydrogen (secondary N) is 2. The maximum absolute atomic E-state index is 13.1. The van der Waals surface area contributed by atoms with Gasteiger partial charge in [0.1, 0.15) is 0 Å². The number of hydrogen-bond acceptors (Lipinski definition) is 6. The molecule has 4 rings (SSSR count). The Morgan fingerprint density at radius 1 is 1.21 bits per heavy atom. The second-order valence-electron chi connectivity index (χ2n) is 6.37. The number of aryl methyl sites for hydroxylation is 1. The van der Waals surface area contributed by atoms with Crippen LogP contribution in [0.5, 0.6) is 0 Å². The number of methoxy groups -OCH3 is 1. The molecule has 0 fully saturated rings. The molecule has 0 unspecified atom stereocenters. The summed E-state index contributed by atoms with van der Waals surface area (Å²) in [6.45, 7) is 2.00. The lowest BCUT2D eigenvalue weighted by molar-refractivity contribution is -0.133. The molecule has 0 saturated carbocycles. The largest absolute Gasteiger partial charge is 0.466 e. The van der Waals surface area contributed by atoms with Gasteiger partial charge in [-0.2, -0.15) is 4.68 Å². The van der Waals surface area contributed by atoms with E-state index in [4.69, 9.17) is 4.74 Å². The fraction of sp³-hybridized carbons (Fsp3) is 0.0952. The van der Waals surface area contributed by atoms with E-state index in [1.807, 2.05) is 55.5 Å². The highest BCUT2D eigenvalue weighted by molar-refractivity contribution is 7.20. The molecule has 0 spiro atoms. The van der Waals surface area contributed by atoms with Gasteiger partial charge in [0.15, 0.2) is 0 Å². The molecule has 2 heterocycles. The van der Waals surface area contributed by atoms with Gasteiger partial charge in [0.05, 0.1) is 27.9 Å². The third-order valence-electron chi connectivity index (χ3n) is 4.33. The summed E-state index contributed by atoms with van der Waals surface area (Å²) in [4.78, 5) is 29.4. The van der Waals surface area contributed by atoms with Gasteiger partial charge in [0, 0.05) is 18.0 Å². The second kappa shape index (κ2) is 7.76. The zero-order valence-corrected chi connectivity index (χ0v) is 16.6. The molecule has 0 saturated heterocycles. The van der Waals surface area contributed by atoms with Gasteiger partial charge in [-0.25, -0.2) is 9.78 Å². The summed E-state index contributed by atoms with van der Waals surface area (Å²) in [5.74, 6) is -0.562. The Hall–Kier alpha value is -3.65. The number of aromatic amines is 1. The predicted molar refractivity (Wildman–Crippen MR) is 115 cm³/mol. The first-order valence-electron chi connectivity index (χ1n) is 8.85. The van der Waals surface area contributed by atoms with E-state index < -0.39 is 5.97 Å². The number of H-pyrrole nitrogens is 1. The summed E-state index contributed by atoms with van der Waals surface area (Å²) in [6.07, 6.45) is 2.82. The first kappa shape index (κ1) is 18.7. The molecule has 8 heteroatoms. The summed E-state index contributed by atoms with van der Waals surface area (Å²) in [7, 11) is 1.29. The van der Waals surface area contributed by atoms with Gasteiger partial charge in [-0.3, -0.25) is 9.89 Å². The minimum atomic E-state index is -0.562. The Morgan fingerprint density at radius 3 is 2.69 bits per heavy atom. The minimum absolute atomic E-state index is 0.301. The van der Waals surface area contributed by atoms with Gasteiger partial charge < -0.3 is 10.1 Å². The highest BCUT2D eigenvalue weighted by Gasteiger charge is 2.11. The van der Waals surface area contributed by atoms with Crippen LogP contribution in [-0.2, 0) is 9.53 Å². The molecule has 29 heavy (non-hydrogen) atoms. The first-order chi connectivity index (χ1) is 14.0. The van der Waals surface area contributed by atoms with E-state index in [0.717, 1.165) is 21.5 Å². The standard InChI is InChI=1S/C21H18N4O3S/c1-13-7-9-14(10-8-13)22-12-15-17(11-19(26)28-2)24-25(20(15)27)21-23-16-5-3-4-6-18(16)29-21/h3-12,22,24H,1-2H3/b15-12-,17-11-. The van der Waals surface area contributed by atoms with E-state index >= 15 is 0 Å². The van der Waals surface area contributed by atoms with Crippen LogP contribution in [0.4, 0.5) is 5.69 Å². The zero-order chi connectivity index (χ0) is 20.4. The van der Waals surface area contributed by atoms with Crippen molar-refractivity contribution in [3.63, 3.8) is 0 Å². The topological polar surface area (TPSA) is 89.0 Å². The number of rotatable bonds is 4. The Labute approximate surface area is 169 Å². The molecule has 0 atom stereocenters. The van der Waals surface area contributed by atoms with Crippen molar-refractivity contribution >= 4 is 45.5 Å². The van der Waals surface area contributed by atoms with Crippen LogP contribution in [0.25, 0.3) is 27.6 Å².